The van der Waals surface area contributed by atoms with Gasteiger partial charge in [-0.3, -0.25) is 4.79 Å². The lowest BCUT2D eigenvalue weighted by Gasteiger charge is -2.06. The first kappa shape index (κ1) is 14.6. The highest BCUT2D eigenvalue weighted by molar-refractivity contribution is 7.91. The number of aromatic nitrogens is 1. The molecule has 0 saturated heterocycles. The maximum absolute atomic E-state index is 11.8. The Balaban J connectivity index is 1.91. The number of hydrogen-bond acceptors (Lipinski definition) is 5. The SMILES string of the molecule is Cc1ccc(NC(=O)CNS(=O)(=O)c2cccs2)nc1. The first-order valence-corrected chi connectivity index (χ1v) is 8.09. The van der Waals surface area contributed by atoms with Crippen LogP contribution in [0.1, 0.15) is 5.56 Å². The normalized spacial score (nSPS) is 11.2. The van der Waals surface area contributed by atoms with E-state index in [2.05, 4.69) is 15.0 Å². The summed E-state index contributed by atoms with van der Waals surface area (Å²) in [6.07, 6.45) is 1.62. The molecule has 2 aromatic heterocycles. The summed E-state index contributed by atoms with van der Waals surface area (Å²) in [5, 5.41) is 4.17. The minimum Gasteiger partial charge on any atom is -0.310 e. The van der Waals surface area contributed by atoms with Gasteiger partial charge in [0.1, 0.15) is 10.0 Å². The van der Waals surface area contributed by atoms with Crippen molar-refractivity contribution in [1.82, 2.24) is 9.71 Å². The smallest absolute Gasteiger partial charge is 0.250 e. The predicted molar refractivity (Wildman–Crippen MR) is 77.1 cm³/mol. The van der Waals surface area contributed by atoms with Gasteiger partial charge in [-0.2, -0.15) is 0 Å². The summed E-state index contributed by atoms with van der Waals surface area (Å²) in [4.78, 5) is 15.6. The maximum atomic E-state index is 11.8. The molecule has 106 valence electrons. The van der Waals surface area contributed by atoms with Gasteiger partial charge in [0.05, 0.1) is 6.54 Å². The summed E-state index contributed by atoms with van der Waals surface area (Å²) >= 11 is 1.09. The Kier molecular flexibility index (Phi) is 4.48. The Labute approximate surface area is 120 Å². The highest BCUT2D eigenvalue weighted by atomic mass is 32.2. The van der Waals surface area contributed by atoms with Crippen LogP contribution in [-0.4, -0.2) is 25.9 Å². The van der Waals surface area contributed by atoms with E-state index in [9.17, 15) is 13.2 Å². The number of nitrogens with one attached hydrogen (secondary N) is 2. The molecule has 0 bridgehead atoms. The third-order valence-electron chi connectivity index (χ3n) is 2.36. The number of anilines is 1. The molecule has 0 aromatic carbocycles. The van der Waals surface area contributed by atoms with Crippen LogP contribution in [-0.2, 0) is 14.8 Å². The number of thiophene rings is 1. The topological polar surface area (TPSA) is 88.2 Å². The van der Waals surface area contributed by atoms with E-state index in [4.69, 9.17) is 0 Å². The average Bonchev–Trinajstić information content (AvgIpc) is 2.94. The minimum atomic E-state index is -3.62. The molecule has 2 aromatic rings. The van der Waals surface area contributed by atoms with Crippen molar-refractivity contribution >= 4 is 33.1 Å². The van der Waals surface area contributed by atoms with Crippen molar-refractivity contribution in [3.8, 4) is 0 Å². The first-order chi connectivity index (χ1) is 9.47. The van der Waals surface area contributed by atoms with Crippen molar-refractivity contribution in [3.63, 3.8) is 0 Å². The Morgan fingerprint density at radius 2 is 2.15 bits per heavy atom. The molecule has 0 radical (unpaired) electrons. The summed E-state index contributed by atoms with van der Waals surface area (Å²) in [6, 6.07) is 6.57. The number of aryl methyl sites for hydroxylation is 1. The number of carbonyl (C=O) groups is 1. The van der Waals surface area contributed by atoms with Crippen LogP contribution in [0.4, 0.5) is 5.82 Å². The third kappa shape index (κ3) is 3.86. The van der Waals surface area contributed by atoms with E-state index in [1.165, 1.54) is 6.07 Å². The highest BCUT2D eigenvalue weighted by Gasteiger charge is 2.16. The van der Waals surface area contributed by atoms with Crippen molar-refractivity contribution in [1.29, 1.82) is 0 Å². The largest absolute Gasteiger partial charge is 0.310 e. The second kappa shape index (κ2) is 6.12. The molecule has 0 saturated carbocycles. The zero-order valence-electron chi connectivity index (χ0n) is 10.7. The zero-order chi connectivity index (χ0) is 14.6. The van der Waals surface area contributed by atoms with E-state index in [0.29, 0.717) is 5.82 Å². The van der Waals surface area contributed by atoms with Crippen LogP contribution in [0.3, 0.4) is 0 Å². The number of carbonyl (C=O) groups excluding carboxylic acids is 1. The van der Waals surface area contributed by atoms with E-state index in [-0.39, 0.29) is 10.8 Å². The van der Waals surface area contributed by atoms with E-state index in [1.54, 1.807) is 29.8 Å². The first-order valence-electron chi connectivity index (χ1n) is 5.73. The molecule has 8 heteroatoms. The summed E-state index contributed by atoms with van der Waals surface area (Å²) in [5.74, 6) is -0.0857. The van der Waals surface area contributed by atoms with Crippen LogP contribution < -0.4 is 10.0 Å². The fourth-order valence-corrected chi connectivity index (χ4v) is 3.40. The lowest BCUT2D eigenvalue weighted by atomic mass is 10.3. The molecule has 0 atom stereocenters. The summed E-state index contributed by atoms with van der Waals surface area (Å²) < 4.78 is 26.0. The Bertz CT molecular complexity index is 679. The lowest BCUT2D eigenvalue weighted by molar-refractivity contribution is -0.115. The van der Waals surface area contributed by atoms with Crippen molar-refractivity contribution in [2.24, 2.45) is 0 Å². The molecule has 0 fully saturated rings. The molecule has 20 heavy (non-hydrogen) atoms. The number of sulfonamides is 1. The number of rotatable bonds is 5. The molecular weight excluding hydrogens is 298 g/mol. The summed E-state index contributed by atoms with van der Waals surface area (Å²) in [7, 11) is -3.62. The summed E-state index contributed by atoms with van der Waals surface area (Å²) in [6.45, 7) is 1.55. The number of hydrogen-bond donors (Lipinski definition) is 2. The van der Waals surface area contributed by atoms with Crippen LogP contribution in [0.5, 0.6) is 0 Å². The number of pyridine rings is 1. The van der Waals surface area contributed by atoms with Gasteiger partial charge in [0.2, 0.25) is 5.91 Å². The van der Waals surface area contributed by atoms with Crippen LogP contribution >= 0.6 is 11.3 Å². The Hall–Kier alpha value is -1.77. The van der Waals surface area contributed by atoms with Gasteiger partial charge >= 0.3 is 0 Å². The average molecular weight is 311 g/mol. The van der Waals surface area contributed by atoms with Crippen molar-refractivity contribution < 1.29 is 13.2 Å². The number of nitrogens with zero attached hydrogens (tertiary/aromatic N) is 1. The monoisotopic (exact) mass is 311 g/mol. The van der Waals surface area contributed by atoms with Crippen LogP contribution in [0.2, 0.25) is 0 Å². The molecule has 1 amide bonds. The second-order valence-electron chi connectivity index (χ2n) is 4.03. The maximum Gasteiger partial charge on any atom is 0.250 e. The van der Waals surface area contributed by atoms with Crippen molar-refractivity contribution in [2.75, 3.05) is 11.9 Å². The predicted octanol–water partition coefficient (Wildman–Crippen LogP) is 1.37. The van der Waals surface area contributed by atoms with E-state index in [0.717, 1.165) is 16.9 Å². The second-order valence-corrected chi connectivity index (χ2v) is 6.97. The third-order valence-corrected chi connectivity index (χ3v) is 5.16. The molecule has 2 heterocycles. The van der Waals surface area contributed by atoms with Crippen molar-refractivity contribution in [2.45, 2.75) is 11.1 Å². The molecular formula is C12H13N3O3S2. The van der Waals surface area contributed by atoms with Crippen LogP contribution in [0.25, 0.3) is 0 Å². The molecule has 0 aliphatic rings. The van der Waals surface area contributed by atoms with Gasteiger partial charge in [0.25, 0.3) is 10.0 Å². The molecule has 2 rings (SSSR count). The highest BCUT2D eigenvalue weighted by Crippen LogP contribution is 2.14. The van der Waals surface area contributed by atoms with Gasteiger partial charge in [-0.05, 0) is 30.0 Å². The fraction of sp³-hybridized carbons (Fsp3) is 0.167. The van der Waals surface area contributed by atoms with E-state index >= 15 is 0 Å². The van der Waals surface area contributed by atoms with E-state index in [1.807, 2.05) is 6.92 Å². The van der Waals surface area contributed by atoms with Crippen molar-refractivity contribution in [3.05, 3.63) is 41.4 Å². The molecule has 0 aliphatic carbocycles. The standard InChI is InChI=1S/C12H13N3O3S2/c1-9-4-5-10(13-7-9)15-11(16)8-14-20(17,18)12-3-2-6-19-12/h2-7,14H,8H2,1H3,(H,13,15,16). The molecule has 0 aliphatic heterocycles. The zero-order valence-corrected chi connectivity index (χ0v) is 12.3. The van der Waals surface area contributed by atoms with E-state index < -0.39 is 15.9 Å². The Morgan fingerprint density at radius 1 is 1.35 bits per heavy atom. The number of amides is 1. The minimum absolute atomic E-state index is 0.179. The van der Waals surface area contributed by atoms with Gasteiger partial charge in [0, 0.05) is 6.20 Å². The van der Waals surface area contributed by atoms with Gasteiger partial charge in [-0.1, -0.05) is 12.1 Å². The molecule has 0 unspecified atom stereocenters. The van der Waals surface area contributed by atoms with Crippen LogP contribution in [0.15, 0.2) is 40.1 Å². The van der Waals surface area contributed by atoms with Gasteiger partial charge < -0.3 is 5.32 Å². The Morgan fingerprint density at radius 3 is 2.75 bits per heavy atom. The molecule has 6 nitrogen and oxygen atoms in total. The van der Waals surface area contributed by atoms with Gasteiger partial charge in [0.15, 0.2) is 0 Å². The quantitative estimate of drug-likeness (QED) is 0.873. The van der Waals surface area contributed by atoms with Gasteiger partial charge in [-0.25, -0.2) is 18.1 Å². The van der Waals surface area contributed by atoms with Crippen LogP contribution in [0, 0.1) is 6.92 Å². The fourth-order valence-electron chi connectivity index (χ4n) is 1.38. The molecule has 2 N–H and O–H groups in total. The summed E-state index contributed by atoms with van der Waals surface area (Å²) in [5.41, 5.74) is 0.974. The van der Waals surface area contributed by atoms with Gasteiger partial charge in [-0.15, -0.1) is 11.3 Å². The molecule has 0 spiro atoms. The lowest BCUT2D eigenvalue weighted by Crippen LogP contribution is -2.32.